The summed E-state index contributed by atoms with van der Waals surface area (Å²) < 4.78 is 31.5. The number of tetrazole rings is 1. The minimum Gasteiger partial charge on any atom is -0.379 e. The summed E-state index contributed by atoms with van der Waals surface area (Å²) in [4.78, 5) is 0.00863. The fraction of sp³-hybridized carbons (Fsp3) is 0.0667. The second-order valence-electron chi connectivity index (χ2n) is 4.88. The number of nitriles is 1. The Kier molecular flexibility index (Phi) is 3.97. The van der Waals surface area contributed by atoms with Gasteiger partial charge in [0.15, 0.2) is 0 Å². The molecule has 120 valence electrons. The number of nitrogens with zero attached hydrogens (tertiary/aromatic N) is 5. The molecule has 0 radical (unpaired) electrons. The van der Waals surface area contributed by atoms with E-state index in [0.717, 1.165) is 0 Å². The van der Waals surface area contributed by atoms with Gasteiger partial charge in [0.2, 0.25) is 0 Å². The van der Waals surface area contributed by atoms with Crippen molar-refractivity contribution in [3.8, 4) is 17.5 Å². The van der Waals surface area contributed by atoms with Crippen molar-refractivity contribution in [2.45, 2.75) is 11.8 Å². The summed E-state index contributed by atoms with van der Waals surface area (Å²) in [6, 6.07) is 12.6. The van der Waals surface area contributed by atoms with Crippen LogP contribution < -0.4 is 4.18 Å². The SMILES string of the molecule is Cc1cc(C#N)ccc1S(=O)(=O)Oc1cccc(-n2cnnn2)c1. The molecule has 0 N–H and O–H groups in total. The highest BCUT2D eigenvalue weighted by molar-refractivity contribution is 7.87. The number of hydrogen-bond acceptors (Lipinski definition) is 7. The number of aryl methyl sites for hydroxylation is 1. The Morgan fingerprint density at radius 2 is 2.04 bits per heavy atom. The first-order valence-electron chi connectivity index (χ1n) is 6.78. The topological polar surface area (TPSA) is 111 Å². The Hall–Kier alpha value is -3.25. The quantitative estimate of drug-likeness (QED) is 0.663. The fourth-order valence-electron chi connectivity index (χ4n) is 2.13. The normalized spacial score (nSPS) is 11.0. The summed E-state index contributed by atoms with van der Waals surface area (Å²) in [7, 11) is -4.02. The lowest BCUT2D eigenvalue weighted by Gasteiger charge is -2.10. The maximum Gasteiger partial charge on any atom is 0.339 e. The van der Waals surface area contributed by atoms with Crippen LogP contribution in [0.4, 0.5) is 0 Å². The van der Waals surface area contributed by atoms with E-state index in [9.17, 15) is 8.42 Å². The molecule has 24 heavy (non-hydrogen) atoms. The fourth-order valence-corrected chi connectivity index (χ4v) is 3.26. The van der Waals surface area contributed by atoms with Gasteiger partial charge in [0.05, 0.1) is 17.3 Å². The van der Waals surface area contributed by atoms with E-state index in [1.54, 1.807) is 19.1 Å². The highest BCUT2D eigenvalue weighted by Gasteiger charge is 2.20. The lowest BCUT2D eigenvalue weighted by molar-refractivity contribution is 0.485. The van der Waals surface area contributed by atoms with Crippen LogP contribution >= 0.6 is 0 Å². The van der Waals surface area contributed by atoms with Gasteiger partial charge in [0.1, 0.15) is 17.0 Å². The molecule has 1 aromatic heterocycles. The van der Waals surface area contributed by atoms with Crippen molar-refractivity contribution in [1.29, 1.82) is 5.26 Å². The van der Waals surface area contributed by atoms with Crippen LogP contribution in [0.5, 0.6) is 5.75 Å². The molecule has 0 saturated carbocycles. The zero-order valence-corrected chi connectivity index (χ0v) is 13.3. The van der Waals surface area contributed by atoms with E-state index < -0.39 is 10.1 Å². The van der Waals surface area contributed by atoms with Gasteiger partial charge < -0.3 is 4.18 Å². The third kappa shape index (κ3) is 3.09. The molecular weight excluding hydrogens is 330 g/mol. The average Bonchev–Trinajstić information content (AvgIpc) is 3.08. The molecule has 3 rings (SSSR count). The molecule has 1 heterocycles. The molecule has 0 aliphatic carbocycles. The van der Waals surface area contributed by atoms with Gasteiger partial charge in [-0.3, -0.25) is 0 Å². The summed E-state index contributed by atoms with van der Waals surface area (Å²) in [5.74, 6) is 0.131. The number of rotatable bonds is 4. The van der Waals surface area contributed by atoms with E-state index in [0.29, 0.717) is 16.8 Å². The summed E-state index contributed by atoms with van der Waals surface area (Å²) in [6.07, 6.45) is 1.39. The Labute approximate surface area is 138 Å². The van der Waals surface area contributed by atoms with Crippen molar-refractivity contribution in [3.63, 3.8) is 0 Å². The molecule has 0 aliphatic heterocycles. The van der Waals surface area contributed by atoms with Crippen LogP contribution in [-0.4, -0.2) is 28.6 Å². The van der Waals surface area contributed by atoms with Gasteiger partial charge in [0.25, 0.3) is 0 Å². The summed E-state index contributed by atoms with van der Waals surface area (Å²) in [5.41, 5.74) is 1.38. The van der Waals surface area contributed by atoms with Crippen LogP contribution in [0.15, 0.2) is 53.7 Å². The van der Waals surface area contributed by atoms with Crippen LogP contribution in [0.3, 0.4) is 0 Å². The second-order valence-corrected chi connectivity index (χ2v) is 6.40. The largest absolute Gasteiger partial charge is 0.379 e. The third-order valence-electron chi connectivity index (χ3n) is 3.21. The molecule has 0 bridgehead atoms. The molecule has 3 aromatic rings. The molecule has 9 heteroatoms. The van der Waals surface area contributed by atoms with Crippen LogP contribution in [-0.2, 0) is 10.1 Å². The van der Waals surface area contributed by atoms with Gasteiger partial charge in [-0.1, -0.05) is 6.07 Å². The zero-order chi connectivity index (χ0) is 17.2. The minimum absolute atomic E-state index is 0.00863. The first-order chi connectivity index (χ1) is 11.5. The van der Waals surface area contributed by atoms with E-state index in [4.69, 9.17) is 9.44 Å². The van der Waals surface area contributed by atoms with Crippen LogP contribution in [0.1, 0.15) is 11.1 Å². The molecule has 0 spiro atoms. The molecule has 0 atom stereocenters. The highest BCUT2D eigenvalue weighted by atomic mass is 32.2. The van der Waals surface area contributed by atoms with Crippen molar-refractivity contribution >= 4 is 10.1 Å². The number of benzene rings is 2. The predicted octanol–water partition coefficient (Wildman–Crippen LogP) is 1.61. The second kappa shape index (κ2) is 6.10. The summed E-state index contributed by atoms with van der Waals surface area (Å²) >= 11 is 0. The maximum atomic E-state index is 12.5. The van der Waals surface area contributed by atoms with Crippen molar-refractivity contribution in [3.05, 3.63) is 59.9 Å². The molecule has 0 aliphatic rings. The van der Waals surface area contributed by atoms with Crippen molar-refractivity contribution in [2.75, 3.05) is 0 Å². The smallest absolute Gasteiger partial charge is 0.339 e. The monoisotopic (exact) mass is 341 g/mol. The van der Waals surface area contributed by atoms with Gasteiger partial charge in [-0.2, -0.15) is 13.7 Å². The van der Waals surface area contributed by atoms with Gasteiger partial charge in [-0.25, -0.2) is 4.68 Å². The van der Waals surface area contributed by atoms with Crippen molar-refractivity contribution in [2.24, 2.45) is 0 Å². The lowest BCUT2D eigenvalue weighted by atomic mass is 10.2. The molecule has 0 saturated heterocycles. The molecule has 8 nitrogen and oxygen atoms in total. The van der Waals surface area contributed by atoms with Crippen LogP contribution in [0.25, 0.3) is 5.69 Å². The minimum atomic E-state index is -4.02. The van der Waals surface area contributed by atoms with Crippen molar-refractivity contribution < 1.29 is 12.6 Å². The first kappa shape index (κ1) is 15.6. The number of hydrogen-bond donors (Lipinski definition) is 0. The number of aromatic nitrogens is 4. The lowest BCUT2D eigenvalue weighted by Crippen LogP contribution is -2.11. The van der Waals surface area contributed by atoms with E-state index in [1.807, 2.05) is 6.07 Å². The Morgan fingerprint density at radius 3 is 2.71 bits per heavy atom. The predicted molar refractivity (Wildman–Crippen MR) is 82.9 cm³/mol. The van der Waals surface area contributed by atoms with Crippen LogP contribution in [0.2, 0.25) is 0 Å². The summed E-state index contributed by atoms with van der Waals surface area (Å²) in [6.45, 7) is 1.61. The van der Waals surface area contributed by atoms with Gasteiger partial charge in [0, 0.05) is 6.07 Å². The van der Waals surface area contributed by atoms with E-state index in [2.05, 4.69) is 15.5 Å². The average molecular weight is 341 g/mol. The van der Waals surface area contributed by atoms with E-state index >= 15 is 0 Å². The Morgan fingerprint density at radius 1 is 1.21 bits per heavy atom. The van der Waals surface area contributed by atoms with E-state index in [-0.39, 0.29) is 10.6 Å². The Bertz CT molecular complexity index is 1020. The molecule has 0 amide bonds. The zero-order valence-electron chi connectivity index (χ0n) is 12.5. The molecule has 0 unspecified atom stereocenters. The molecular formula is C15H11N5O3S. The van der Waals surface area contributed by atoms with Crippen LogP contribution in [0, 0.1) is 18.3 Å². The highest BCUT2D eigenvalue weighted by Crippen LogP contribution is 2.23. The first-order valence-corrected chi connectivity index (χ1v) is 8.19. The van der Waals surface area contributed by atoms with Crippen molar-refractivity contribution in [1.82, 2.24) is 20.2 Å². The standard InChI is InChI=1S/C15H11N5O3S/c1-11-7-12(9-16)5-6-15(11)24(21,22)23-14-4-2-3-13(8-14)20-10-17-18-19-20/h2-8,10H,1H3. The molecule has 0 fully saturated rings. The van der Waals surface area contributed by atoms with Gasteiger partial charge in [-0.15, -0.1) is 5.10 Å². The summed E-state index contributed by atoms with van der Waals surface area (Å²) in [5, 5.41) is 19.6. The van der Waals surface area contributed by atoms with E-state index in [1.165, 1.54) is 41.3 Å². The third-order valence-corrected chi connectivity index (χ3v) is 4.62. The van der Waals surface area contributed by atoms with Gasteiger partial charge in [-0.05, 0) is 53.2 Å². The maximum absolute atomic E-state index is 12.5. The Balaban J connectivity index is 1.93. The molecule has 2 aromatic carbocycles. The van der Waals surface area contributed by atoms with Gasteiger partial charge >= 0.3 is 10.1 Å².